The van der Waals surface area contributed by atoms with Gasteiger partial charge in [-0.3, -0.25) is 0 Å². The summed E-state index contributed by atoms with van der Waals surface area (Å²) in [5.74, 6) is -1.69. The van der Waals surface area contributed by atoms with Crippen LogP contribution in [-0.4, -0.2) is 115 Å². The fourth-order valence-electron chi connectivity index (χ4n) is 2.09. The minimum Gasteiger partial charge on any atom is -0.479 e. The van der Waals surface area contributed by atoms with Crippen molar-refractivity contribution in [2.75, 3.05) is 6.61 Å². The number of rotatable bonds is 8. The summed E-state index contributed by atoms with van der Waals surface area (Å²) >= 11 is 0. The van der Waals surface area contributed by atoms with Gasteiger partial charge in [-0.1, -0.05) is 0 Å². The van der Waals surface area contributed by atoms with Gasteiger partial charge >= 0.3 is 5.97 Å². The van der Waals surface area contributed by atoms with Gasteiger partial charge in [0.2, 0.25) is 0 Å². The fraction of sp³-hybridized carbons (Fsp3) is 0.833. The van der Waals surface area contributed by atoms with Crippen molar-refractivity contribution in [3.63, 3.8) is 0 Å². The van der Waals surface area contributed by atoms with Gasteiger partial charge in [-0.05, 0) is 0 Å². The molecule has 1 rings (SSSR count). The number of aliphatic hydroxyl groups excluding tert-OH is 7. The molecule has 1 fully saturated rings. The van der Waals surface area contributed by atoms with Gasteiger partial charge < -0.3 is 55.1 Å². The lowest BCUT2D eigenvalue weighted by Crippen LogP contribution is -2.62. The van der Waals surface area contributed by atoms with Crippen molar-refractivity contribution in [2.45, 2.75) is 55.1 Å². The van der Waals surface area contributed by atoms with Gasteiger partial charge in [0.05, 0.1) is 6.61 Å². The van der Waals surface area contributed by atoms with Gasteiger partial charge in [0, 0.05) is 0 Å². The quantitative estimate of drug-likeness (QED) is 0.191. The molecule has 1 heterocycles. The van der Waals surface area contributed by atoms with Gasteiger partial charge in [0.15, 0.2) is 18.7 Å². The van der Waals surface area contributed by atoms with Crippen LogP contribution in [-0.2, 0) is 19.1 Å². The summed E-state index contributed by atoms with van der Waals surface area (Å²) in [6, 6.07) is 0. The number of aliphatic hydroxyl groups is 7. The first-order chi connectivity index (χ1) is 11.1. The number of aliphatic carboxylic acids is 1. The number of carbonyl (C=O) groups excluding carboxylic acids is 1. The molecule has 0 amide bonds. The molecule has 24 heavy (non-hydrogen) atoms. The number of carboxylic acids is 1. The molecule has 0 aromatic rings. The van der Waals surface area contributed by atoms with Crippen LogP contribution in [0.5, 0.6) is 0 Å². The van der Waals surface area contributed by atoms with Crippen LogP contribution in [0.1, 0.15) is 0 Å². The Kier molecular flexibility index (Phi) is 7.59. The number of hydrogen-bond donors (Lipinski definition) is 8. The van der Waals surface area contributed by atoms with Gasteiger partial charge in [-0.2, -0.15) is 0 Å². The van der Waals surface area contributed by atoms with Crippen molar-refractivity contribution in [3.8, 4) is 0 Å². The van der Waals surface area contributed by atoms with Crippen molar-refractivity contribution < 1.29 is 59.9 Å². The number of aldehydes is 1. The summed E-state index contributed by atoms with van der Waals surface area (Å²) in [7, 11) is 0. The van der Waals surface area contributed by atoms with Crippen LogP contribution in [0, 0.1) is 0 Å². The summed E-state index contributed by atoms with van der Waals surface area (Å²) in [4.78, 5) is 21.7. The van der Waals surface area contributed by atoms with E-state index < -0.39 is 67.7 Å². The van der Waals surface area contributed by atoms with E-state index >= 15 is 0 Å². The predicted molar refractivity (Wildman–Crippen MR) is 70.4 cm³/mol. The molecule has 0 aromatic carbocycles. The highest BCUT2D eigenvalue weighted by atomic mass is 16.7. The Morgan fingerprint density at radius 2 is 1.71 bits per heavy atom. The Balaban J connectivity index is 2.98. The molecule has 0 aliphatic carbocycles. The minimum absolute atomic E-state index is 0.0762. The summed E-state index contributed by atoms with van der Waals surface area (Å²) in [5.41, 5.74) is 0. The average molecular weight is 356 g/mol. The Labute approximate surface area is 135 Å². The smallest absolute Gasteiger partial charge is 0.335 e. The van der Waals surface area contributed by atoms with Crippen LogP contribution in [0.2, 0.25) is 0 Å². The van der Waals surface area contributed by atoms with Crippen molar-refractivity contribution >= 4 is 12.3 Å². The third-order valence-corrected chi connectivity index (χ3v) is 3.50. The lowest BCUT2D eigenvalue weighted by Gasteiger charge is -2.41. The van der Waals surface area contributed by atoms with Gasteiger partial charge in [0.25, 0.3) is 0 Å². The molecule has 1 aliphatic heterocycles. The van der Waals surface area contributed by atoms with Gasteiger partial charge in [0.1, 0.15) is 42.7 Å². The molecule has 0 aromatic heterocycles. The third kappa shape index (κ3) is 4.44. The molecule has 140 valence electrons. The van der Waals surface area contributed by atoms with E-state index in [1.54, 1.807) is 0 Å². The molecular weight excluding hydrogens is 336 g/mol. The zero-order chi connectivity index (χ0) is 18.6. The van der Waals surface area contributed by atoms with E-state index in [1.165, 1.54) is 0 Å². The largest absolute Gasteiger partial charge is 0.479 e. The van der Waals surface area contributed by atoms with Crippen molar-refractivity contribution in [1.29, 1.82) is 0 Å². The van der Waals surface area contributed by atoms with Crippen LogP contribution in [0.3, 0.4) is 0 Å². The van der Waals surface area contributed by atoms with E-state index in [1.807, 2.05) is 0 Å². The predicted octanol–water partition coefficient (Wildman–Crippen LogP) is -5.46. The highest BCUT2D eigenvalue weighted by Crippen LogP contribution is 2.25. The third-order valence-electron chi connectivity index (χ3n) is 3.50. The Hall–Kier alpha value is -1.22. The zero-order valence-corrected chi connectivity index (χ0v) is 12.2. The van der Waals surface area contributed by atoms with Crippen LogP contribution >= 0.6 is 0 Å². The molecule has 0 spiro atoms. The van der Waals surface area contributed by atoms with Crippen LogP contribution in [0.4, 0.5) is 0 Å². The molecule has 1 saturated heterocycles. The van der Waals surface area contributed by atoms with Crippen LogP contribution < -0.4 is 0 Å². The molecule has 0 saturated carbocycles. The van der Waals surface area contributed by atoms with Crippen LogP contribution in [0.25, 0.3) is 0 Å². The standard InChI is InChI=1S/C12H20O12/c13-1-3(15)5(17)9(4(16)2-14)23-12-8(20)6(18)7(19)10(24-12)11(21)22/h2-10,12-13,15-20H,1H2,(H,21,22)/t3-,4+,5+,6+,7+,8-,9-,10+,12-/m1/s1. The van der Waals surface area contributed by atoms with Gasteiger partial charge in [-0.15, -0.1) is 0 Å². The van der Waals surface area contributed by atoms with E-state index in [0.717, 1.165) is 0 Å². The molecule has 0 bridgehead atoms. The maximum atomic E-state index is 11.0. The molecule has 8 N–H and O–H groups in total. The summed E-state index contributed by atoms with van der Waals surface area (Å²) in [6.45, 7) is -0.959. The second-order valence-electron chi connectivity index (χ2n) is 5.20. The summed E-state index contributed by atoms with van der Waals surface area (Å²) in [5, 5.41) is 75.3. The molecule has 12 nitrogen and oxygen atoms in total. The fourth-order valence-corrected chi connectivity index (χ4v) is 2.09. The highest BCUT2D eigenvalue weighted by molar-refractivity contribution is 5.73. The SMILES string of the molecule is O=C[C@H](O)[C@@H](O[C@@H]1O[C@H](C(=O)O)[C@@H](O)[C@H](O)[C@H]1O)[C@@H](O)[C@H](O)CO. The second kappa shape index (κ2) is 8.75. The normalized spacial score (nSPS) is 35.7. The van der Waals surface area contributed by atoms with Crippen molar-refractivity contribution in [3.05, 3.63) is 0 Å². The minimum atomic E-state index is -2.04. The first kappa shape index (κ1) is 20.8. The van der Waals surface area contributed by atoms with Crippen LogP contribution in [0.15, 0.2) is 0 Å². The molecular formula is C12H20O12. The summed E-state index contributed by atoms with van der Waals surface area (Å²) in [6.07, 6.45) is -17.8. The van der Waals surface area contributed by atoms with E-state index in [2.05, 4.69) is 0 Å². The Bertz CT molecular complexity index is 430. The Morgan fingerprint density at radius 1 is 1.12 bits per heavy atom. The van der Waals surface area contributed by atoms with Gasteiger partial charge in [-0.25, -0.2) is 4.79 Å². The molecule has 0 unspecified atom stereocenters. The topological polar surface area (TPSA) is 214 Å². The number of carbonyl (C=O) groups is 2. The monoisotopic (exact) mass is 356 g/mol. The summed E-state index contributed by atoms with van der Waals surface area (Å²) < 4.78 is 9.70. The van der Waals surface area contributed by atoms with E-state index in [9.17, 15) is 40.2 Å². The maximum Gasteiger partial charge on any atom is 0.335 e. The first-order valence-electron chi connectivity index (χ1n) is 6.84. The first-order valence-corrected chi connectivity index (χ1v) is 6.84. The molecule has 1 aliphatic rings. The van der Waals surface area contributed by atoms with E-state index in [4.69, 9.17) is 19.7 Å². The van der Waals surface area contributed by atoms with Crippen molar-refractivity contribution in [2.24, 2.45) is 0 Å². The highest BCUT2D eigenvalue weighted by Gasteiger charge is 2.49. The Morgan fingerprint density at radius 3 is 2.17 bits per heavy atom. The maximum absolute atomic E-state index is 11.0. The number of hydrogen-bond acceptors (Lipinski definition) is 11. The second-order valence-corrected chi connectivity index (χ2v) is 5.20. The zero-order valence-electron chi connectivity index (χ0n) is 12.2. The lowest BCUT2D eigenvalue weighted by molar-refractivity contribution is -0.318. The molecule has 0 radical (unpaired) electrons. The van der Waals surface area contributed by atoms with E-state index in [0.29, 0.717) is 0 Å². The molecule has 9 atom stereocenters. The van der Waals surface area contributed by atoms with Crippen molar-refractivity contribution in [1.82, 2.24) is 0 Å². The lowest BCUT2D eigenvalue weighted by atomic mass is 9.98. The number of ether oxygens (including phenoxy) is 2. The average Bonchev–Trinajstić information content (AvgIpc) is 2.56. The number of carboxylic acid groups (broad SMARTS) is 1. The molecule has 12 heteroatoms. The van der Waals surface area contributed by atoms with E-state index in [-0.39, 0.29) is 6.29 Å².